The van der Waals surface area contributed by atoms with Gasteiger partial charge in [-0.3, -0.25) is 14.7 Å². The summed E-state index contributed by atoms with van der Waals surface area (Å²) in [7, 11) is 1.49. The minimum absolute atomic E-state index is 0.0167. The molecule has 0 saturated heterocycles. The van der Waals surface area contributed by atoms with Crippen LogP contribution in [0.1, 0.15) is 21.0 Å². The van der Waals surface area contributed by atoms with Crippen LogP contribution in [0.2, 0.25) is 5.02 Å². The maximum absolute atomic E-state index is 13.2. The third-order valence-electron chi connectivity index (χ3n) is 3.19. The number of halogens is 2. The van der Waals surface area contributed by atoms with E-state index in [0.717, 1.165) is 0 Å². The van der Waals surface area contributed by atoms with Gasteiger partial charge >= 0.3 is 0 Å². The Bertz CT molecular complexity index is 955. The number of rotatable bonds is 4. The summed E-state index contributed by atoms with van der Waals surface area (Å²) in [5.74, 6) is -1.16. The third kappa shape index (κ3) is 3.67. The number of carbonyl (C=O) groups is 2. The zero-order valence-electron chi connectivity index (χ0n) is 12.8. The van der Waals surface area contributed by atoms with Crippen LogP contribution in [0.15, 0.2) is 29.6 Å². The van der Waals surface area contributed by atoms with Gasteiger partial charge in [0.05, 0.1) is 5.02 Å². The first-order valence-corrected chi connectivity index (χ1v) is 8.23. The van der Waals surface area contributed by atoms with Crippen LogP contribution in [0, 0.1) is 5.82 Å². The molecule has 0 aliphatic rings. The van der Waals surface area contributed by atoms with Crippen molar-refractivity contribution in [3.63, 3.8) is 0 Å². The van der Waals surface area contributed by atoms with Gasteiger partial charge in [-0.25, -0.2) is 9.37 Å². The van der Waals surface area contributed by atoms with E-state index in [1.54, 1.807) is 5.38 Å². The number of H-pyrrole nitrogens is 1. The summed E-state index contributed by atoms with van der Waals surface area (Å²) < 4.78 is 13.2. The first-order valence-electron chi connectivity index (χ1n) is 6.97. The molecule has 2 aromatic heterocycles. The average Bonchev–Trinajstić information content (AvgIpc) is 3.26. The molecule has 2 heterocycles. The Morgan fingerprint density at radius 2 is 2.08 bits per heavy atom. The van der Waals surface area contributed by atoms with Crippen molar-refractivity contribution in [1.82, 2.24) is 20.5 Å². The molecule has 0 unspecified atom stereocenters. The molecule has 0 spiro atoms. The lowest BCUT2D eigenvalue weighted by atomic mass is 10.2. The number of thiazole rings is 1. The molecule has 0 bridgehead atoms. The van der Waals surface area contributed by atoms with Crippen molar-refractivity contribution in [3.05, 3.63) is 51.9 Å². The monoisotopic (exact) mass is 379 g/mol. The highest BCUT2D eigenvalue weighted by Gasteiger charge is 2.15. The molecule has 0 saturated carbocycles. The molecule has 0 fully saturated rings. The van der Waals surface area contributed by atoms with E-state index in [1.165, 1.54) is 42.6 Å². The average molecular weight is 380 g/mol. The minimum Gasteiger partial charge on any atom is -0.354 e. The molecule has 0 aliphatic heterocycles. The summed E-state index contributed by atoms with van der Waals surface area (Å²) in [6.07, 6.45) is 0. The first kappa shape index (κ1) is 17.1. The van der Waals surface area contributed by atoms with Gasteiger partial charge < -0.3 is 10.6 Å². The molecule has 0 radical (unpaired) electrons. The number of nitrogens with one attached hydrogen (secondary N) is 3. The van der Waals surface area contributed by atoms with Gasteiger partial charge in [0.15, 0.2) is 5.82 Å². The molecule has 128 valence electrons. The fourth-order valence-corrected chi connectivity index (χ4v) is 2.93. The molecular formula is C15H11ClFN5O2S. The lowest BCUT2D eigenvalue weighted by Gasteiger charge is -1.99. The van der Waals surface area contributed by atoms with Gasteiger partial charge in [0.1, 0.15) is 22.2 Å². The van der Waals surface area contributed by atoms with Crippen molar-refractivity contribution < 1.29 is 14.0 Å². The number of nitrogens with zero attached hydrogens (tertiary/aromatic N) is 2. The normalized spacial score (nSPS) is 10.5. The summed E-state index contributed by atoms with van der Waals surface area (Å²) in [6, 6.07) is 5.62. The molecule has 10 heteroatoms. The largest absolute Gasteiger partial charge is 0.354 e. The number of benzene rings is 1. The van der Waals surface area contributed by atoms with Crippen LogP contribution in [0.25, 0.3) is 10.6 Å². The van der Waals surface area contributed by atoms with E-state index in [4.69, 9.17) is 11.6 Å². The van der Waals surface area contributed by atoms with Crippen LogP contribution >= 0.6 is 22.9 Å². The second-order valence-electron chi connectivity index (χ2n) is 4.87. The lowest BCUT2D eigenvalue weighted by molar-refractivity contribution is 0.0957. The summed E-state index contributed by atoms with van der Waals surface area (Å²) in [4.78, 5) is 27.9. The molecule has 3 aromatic rings. The van der Waals surface area contributed by atoms with E-state index >= 15 is 0 Å². The fourth-order valence-electron chi connectivity index (χ4n) is 1.96. The molecule has 3 N–H and O–H groups in total. The van der Waals surface area contributed by atoms with Gasteiger partial charge in [0.25, 0.3) is 11.8 Å². The van der Waals surface area contributed by atoms with Crippen LogP contribution in [-0.4, -0.2) is 34.0 Å². The number of aromatic amines is 1. The Morgan fingerprint density at radius 1 is 1.28 bits per heavy atom. The molecule has 1 aromatic carbocycles. The quantitative estimate of drug-likeness (QED) is 0.648. The highest BCUT2D eigenvalue weighted by molar-refractivity contribution is 7.13. The number of anilines is 1. The van der Waals surface area contributed by atoms with E-state index in [1.807, 2.05) is 0 Å². The van der Waals surface area contributed by atoms with Crippen LogP contribution in [0.5, 0.6) is 0 Å². The topological polar surface area (TPSA) is 99.8 Å². The van der Waals surface area contributed by atoms with E-state index in [2.05, 4.69) is 25.8 Å². The Balaban J connectivity index is 1.75. The number of amides is 2. The predicted molar refractivity (Wildman–Crippen MR) is 92.4 cm³/mol. The second-order valence-corrected chi connectivity index (χ2v) is 6.13. The second kappa shape index (κ2) is 6.99. The Labute approximate surface area is 150 Å². The number of hydrogen-bond donors (Lipinski definition) is 3. The van der Waals surface area contributed by atoms with Crippen molar-refractivity contribution in [1.29, 1.82) is 0 Å². The Kier molecular flexibility index (Phi) is 4.77. The van der Waals surface area contributed by atoms with Crippen molar-refractivity contribution in [2.75, 3.05) is 12.4 Å². The minimum atomic E-state index is -0.523. The van der Waals surface area contributed by atoms with E-state index in [-0.39, 0.29) is 28.1 Å². The molecule has 3 rings (SSSR count). The van der Waals surface area contributed by atoms with Gasteiger partial charge in [0.2, 0.25) is 0 Å². The molecule has 0 atom stereocenters. The van der Waals surface area contributed by atoms with E-state index in [0.29, 0.717) is 10.6 Å². The number of hydrogen-bond acceptors (Lipinski definition) is 5. The number of carbonyl (C=O) groups excluding carboxylic acids is 2. The zero-order valence-corrected chi connectivity index (χ0v) is 14.3. The van der Waals surface area contributed by atoms with Crippen molar-refractivity contribution in [3.8, 4) is 10.6 Å². The van der Waals surface area contributed by atoms with Crippen LogP contribution < -0.4 is 10.6 Å². The van der Waals surface area contributed by atoms with Gasteiger partial charge in [0, 0.05) is 24.1 Å². The smallest absolute Gasteiger partial charge is 0.276 e. The molecule has 2 amide bonds. The molecule has 25 heavy (non-hydrogen) atoms. The first-order chi connectivity index (χ1) is 12.0. The van der Waals surface area contributed by atoms with Gasteiger partial charge in [-0.15, -0.1) is 11.3 Å². The van der Waals surface area contributed by atoms with Gasteiger partial charge in [-0.2, -0.15) is 5.10 Å². The van der Waals surface area contributed by atoms with Crippen LogP contribution in [-0.2, 0) is 0 Å². The maximum Gasteiger partial charge on any atom is 0.276 e. The predicted octanol–water partition coefficient (Wildman–Crippen LogP) is 2.94. The number of aromatic nitrogens is 3. The van der Waals surface area contributed by atoms with Crippen molar-refractivity contribution in [2.24, 2.45) is 0 Å². The van der Waals surface area contributed by atoms with Crippen molar-refractivity contribution >= 4 is 40.6 Å². The molecule has 7 nitrogen and oxygen atoms in total. The van der Waals surface area contributed by atoms with E-state index in [9.17, 15) is 14.0 Å². The Hall–Kier alpha value is -2.78. The van der Waals surface area contributed by atoms with Crippen LogP contribution in [0.3, 0.4) is 0 Å². The third-order valence-corrected chi connectivity index (χ3v) is 4.38. The fraction of sp³-hybridized carbons (Fsp3) is 0.0667. The zero-order chi connectivity index (χ0) is 18.0. The summed E-state index contributed by atoms with van der Waals surface area (Å²) in [5.41, 5.74) is 1.000. The van der Waals surface area contributed by atoms with E-state index < -0.39 is 11.7 Å². The summed E-state index contributed by atoms with van der Waals surface area (Å²) in [6.45, 7) is 0. The SMILES string of the molecule is CNC(=O)c1cc(NC(=O)c2csc(-c3ccc(F)c(Cl)c3)n2)n[nH]1. The molecular weight excluding hydrogens is 369 g/mol. The highest BCUT2D eigenvalue weighted by Crippen LogP contribution is 2.27. The van der Waals surface area contributed by atoms with Gasteiger partial charge in [-0.05, 0) is 18.2 Å². The summed E-state index contributed by atoms with van der Waals surface area (Å²) in [5, 5.41) is 13.4. The van der Waals surface area contributed by atoms with Gasteiger partial charge in [-0.1, -0.05) is 11.6 Å². The molecule has 0 aliphatic carbocycles. The van der Waals surface area contributed by atoms with Crippen molar-refractivity contribution in [2.45, 2.75) is 0 Å². The maximum atomic E-state index is 13.2. The summed E-state index contributed by atoms with van der Waals surface area (Å²) >= 11 is 6.98. The highest BCUT2D eigenvalue weighted by atomic mass is 35.5. The van der Waals surface area contributed by atoms with Crippen LogP contribution in [0.4, 0.5) is 10.2 Å². The Morgan fingerprint density at radius 3 is 2.80 bits per heavy atom. The standard InChI is InChI=1S/C15H11ClFN5O2S/c1-18-13(23)10-5-12(22-21-10)20-14(24)11-6-25-15(19-11)7-2-3-9(17)8(16)4-7/h2-6H,1H3,(H,18,23)(H2,20,21,22,24). The lowest BCUT2D eigenvalue weighted by Crippen LogP contribution is -2.18.